The number of amides is 1. The van der Waals surface area contributed by atoms with E-state index in [1.807, 2.05) is 58.0 Å². The Morgan fingerprint density at radius 2 is 1.90 bits per heavy atom. The van der Waals surface area contributed by atoms with Crippen LogP contribution < -0.4 is 5.32 Å². The molecule has 0 atom stereocenters. The molecule has 0 bridgehead atoms. The Labute approximate surface area is 118 Å². The molecule has 1 aromatic carbocycles. The molecule has 0 saturated carbocycles. The Bertz CT molecular complexity index is 594. The van der Waals surface area contributed by atoms with Crippen molar-refractivity contribution in [1.29, 1.82) is 0 Å². The van der Waals surface area contributed by atoms with Gasteiger partial charge in [-0.25, -0.2) is 4.79 Å². The molecule has 0 fully saturated rings. The summed E-state index contributed by atoms with van der Waals surface area (Å²) in [7, 11) is 0. The smallest absolute Gasteiger partial charge is 0.412 e. The number of aromatic nitrogens is 2. The zero-order valence-corrected chi connectivity index (χ0v) is 12.2. The average Bonchev–Trinajstić information content (AvgIpc) is 2.74. The third-order valence-electron chi connectivity index (χ3n) is 2.53. The predicted octanol–water partition coefficient (Wildman–Crippen LogP) is 3.73. The van der Waals surface area contributed by atoms with Gasteiger partial charge in [0.15, 0.2) is 0 Å². The molecule has 5 heteroatoms. The molecule has 2 rings (SSSR count). The number of carbonyl (C=O) groups excluding carboxylic acids is 1. The fourth-order valence-corrected chi connectivity index (χ4v) is 1.71. The number of rotatable bonds is 2. The number of H-pyrrole nitrogens is 1. The first-order chi connectivity index (χ1) is 9.33. The molecule has 0 unspecified atom stereocenters. The quantitative estimate of drug-likeness (QED) is 0.876. The number of nitrogens with zero attached hydrogens (tertiary/aromatic N) is 1. The van der Waals surface area contributed by atoms with E-state index in [9.17, 15) is 4.79 Å². The number of hydrogen-bond donors (Lipinski definition) is 2. The lowest BCUT2D eigenvalue weighted by Gasteiger charge is -2.19. The highest BCUT2D eigenvalue weighted by molar-refractivity contribution is 5.85. The van der Waals surface area contributed by atoms with Gasteiger partial charge < -0.3 is 4.74 Å². The summed E-state index contributed by atoms with van der Waals surface area (Å²) in [5.41, 5.74) is 3.07. The summed E-state index contributed by atoms with van der Waals surface area (Å²) in [4.78, 5) is 11.6. The van der Waals surface area contributed by atoms with Gasteiger partial charge in [-0.15, -0.1) is 0 Å². The van der Waals surface area contributed by atoms with E-state index in [1.165, 1.54) is 0 Å². The van der Waals surface area contributed by atoms with Gasteiger partial charge in [0.1, 0.15) is 5.60 Å². The van der Waals surface area contributed by atoms with Crippen LogP contribution in [0.4, 0.5) is 10.5 Å². The van der Waals surface area contributed by atoms with Crippen LogP contribution in [0.5, 0.6) is 0 Å². The number of aryl methyl sites for hydroxylation is 1. The number of nitrogens with one attached hydrogen (secondary N) is 2. The first-order valence-electron chi connectivity index (χ1n) is 6.46. The van der Waals surface area contributed by atoms with Crippen LogP contribution in [0.3, 0.4) is 0 Å². The summed E-state index contributed by atoms with van der Waals surface area (Å²) in [5, 5.41) is 9.78. The maximum absolute atomic E-state index is 11.6. The van der Waals surface area contributed by atoms with Crippen molar-refractivity contribution >= 4 is 11.8 Å². The van der Waals surface area contributed by atoms with Gasteiger partial charge >= 0.3 is 6.09 Å². The van der Waals surface area contributed by atoms with E-state index in [2.05, 4.69) is 15.5 Å². The highest BCUT2D eigenvalue weighted by Crippen LogP contribution is 2.20. The lowest BCUT2D eigenvalue weighted by atomic mass is 10.1. The van der Waals surface area contributed by atoms with Crippen molar-refractivity contribution in [2.24, 2.45) is 0 Å². The maximum Gasteiger partial charge on any atom is 0.412 e. The molecule has 2 aromatic rings. The van der Waals surface area contributed by atoms with Crippen LogP contribution >= 0.6 is 0 Å². The summed E-state index contributed by atoms with van der Waals surface area (Å²) in [5.74, 6) is 0. The van der Waals surface area contributed by atoms with E-state index in [0.717, 1.165) is 17.0 Å². The van der Waals surface area contributed by atoms with Crippen LogP contribution in [-0.4, -0.2) is 21.9 Å². The van der Waals surface area contributed by atoms with Crippen LogP contribution in [0.25, 0.3) is 11.3 Å². The number of hydrogen-bond acceptors (Lipinski definition) is 3. The van der Waals surface area contributed by atoms with E-state index >= 15 is 0 Å². The second kappa shape index (κ2) is 5.36. The average molecular weight is 273 g/mol. The van der Waals surface area contributed by atoms with E-state index in [1.54, 1.807) is 0 Å². The molecule has 1 aromatic heterocycles. The molecule has 5 nitrogen and oxygen atoms in total. The lowest BCUT2D eigenvalue weighted by Crippen LogP contribution is -2.27. The fraction of sp³-hybridized carbons (Fsp3) is 0.333. The number of aromatic amines is 1. The van der Waals surface area contributed by atoms with Crippen LogP contribution in [0, 0.1) is 6.92 Å². The highest BCUT2D eigenvalue weighted by atomic mass is 16.6. The first-order valence-corrected chi connectivity index (χ1v) is 6.46. The molecule has 0 aliphatic heterocycles. The molecule has 0 aliphatic rings. The third-order valence-corrected chi connectivity index (χ3v) is 2.53. The SMILES string of the molecule is Cc1cc(-c2ccc(NC(=O)OC(C)(C)C)cc2)n[nH]1. The van der Waals surface area contributed by atoms with Crippen LogP contribution in [0.1, 0.15) is 26.5 Å². The van der Waals surface area contributed by atoms with Gasteiger partial charge in [-0.3, -0.25) is 10.4 Å². The van der Waals surface area contributed by atoms with Crippen molar-refractivity contribution < 1.29 is 9.53 Å². The maximum atomic E-state index is 11.6. The van der Waals surface area contributed by atoms with Gasteiger partial charge in [-0.1, -0.05) is 12.1 Å². The molecule has 1 heterocycles. The van der Waals surface area contributed by atoms with Gasteiger partial charge in [-0.2, -0.15) is 5.10 Å². The second-order valence-corrected chi connectivity index (χ2v) is 5.64. The van der Waals surface area contributed by atoms with E-state index in [-0.39, 0.29) is 0 Å². The molecule has 0 spiro atoms. The van der Waals surface area contributed by atoms with Gasteiger partial charge in [0.05, 0.1) is 5.69 Å². The molecule has 0 radical (unpaired) electrons. The van der Waals surface area contributed by atoms with Crippen molar-refractivity contribution in [2.75, 3.05) is 5.32 Å². The van der Waals surface area contributed by atoms with Gasteiger partial charge in [-0.05, 0) is 45.9 Å². The zero-order chi connectivity index (χ0) is 14.8. The van der Waals surface area contributed by atoms with Gasteiger partial charge in [0.2, 0.25) is 0 Å². The zero-order valence-electron chi connectivity index (χ0n) is 12.2. The monoisotopic (exact) mass is 273 g/mol. The summed E-state index contributed by atoms with van der Waals surface area (Å²) in [6.07, 6.45) is -0.458. The molecule has 0 saturated heterocycles. The summed E-state index contributed by atoms with van der Waals surface area (Å²) in [6.45, 7) is 7.44. The largest absolute Gasteiger partial charge is 0.444 e. The molecule has 106 valence electrons. The van der Waals surface area contributed by atoms with Crippen LogP contribution in [-0.2, 0) is 4.74 Å². The van der Waals surface area contributed by atoms with E-state index in [4.69, 9.17) is 4.74 Å². The number of ether oxygens (including phenoxy) is 1. The normalized spacial score (nSPS) is 11.2. The third kappa shape index (κ3) is 3.85. The fourth-order valence-electron chi connectivity index (χ4n) is 1.71. The highest BCUT2D eigenvalue weighted by Gasteiger charge is 2.16. The second-order valence-electron chi connectivity index (χ2n) is 5.64. The predicted molar refractivity (Wildman–Crippen MR) is 78.6 cm³/mol. The van der Waals surface area contributed by atoms with Crippen LogP contribution in [0.2, 0.25) is 0 Å². The van der Waals surface area contributed by atoms with E-state index < -0.39 is 11.7 Å². The Hall–Kier alpha value is -2.30. The Kier molecular flexibility index (Phi) is 3.79. The van der Waals surface area contributed by atoms with E-state index in [0.29, 0.717) is 5.69 Å². The molecule has 1 amide bonds. The van der Waals surface area contributed by atoms with Gasteiger partial charge in [0.25, 0.3) is 0 Å². The summed E-state index contributed by atoms with van der Waals surface area (Å²) >= 11 is 0. The molecule has 20 heavy (non-hydrogen) atoms. The summed E-state index contributed by atoms with van der Waals surface area (Å²) in [6, 6.07) is 9.42. The Morgan fingerprint density at radius 3 is 2.40 bits per heavy atom. The molecule has 2 N–H and O–H groups in total. The van der Waals surface area contributed by atoms with Crippen molar-refractivity contribution in [3.8, 4) is 11.3 Å². The number of carbonyl (C=O) groups is 1. The van der Waals surface area contributed by atoms with Crippen molar-refractivity contribution in [1.82, 2.24) is 10.2 Å². The van der Waals surface area contributed by atoms with Gasteiger partial charge in [0, 0.05) is 16.9 Å². The van der Waals surface area contributed by atoms with Crippen molar-refractivity contribution in [2.45, 2.75) is 33.3 Å². The van der Waals surface area contributed by atoms with Crippen LogP contribution in [0.15, 0.2) is 30.3 Å². The lowest BCUT2D eigenvalue weighted by molar-refractivity contribution is 0.0636. The molecular weight excluding hydrogens is 254 g/mol. The standard InChI is InChI=1S/C15H19N3O2/c1-10-9-13(18-17-10)11-5-7-12(8-6-11)16-14(19)20-15(2,3)4/h5-9H,1-4H3,(H,16,19)(H,17,18). The molecule has 0 aliphatic carbocycles. The number of benzene rings is 1. The number of anilines is 1. The summed E-state index contributed by atoms with van der Waals surface area (Å²) < 4.78 is 5.19. The Morgan fingerprint density at radius 1 is 1.25 bits per heavy atom. The molecular formula is C15H19N3O2. The first kappa shape index (κ1) is 14.1. The minimum absolute atomic E-state index is 0.458. The minimum atomic E-state index is -0.503. The van der Waals surface area contributed by atoms with Crippen molar-refractivity contribution in [3.05, 3.63) is 36.0 Å². The van der Waals surface area contributed by atoms with Crippen molar-refractivity contribution in [3.63, 3.8) is 0 Å². The Balaban J connectivity index is 2.03. The minimum Gasteiger partial charge on any atom is -0.444 e. The topological polar surface area (TPSA) is 67.0 Å².